The highest BCUT2D eigenvalue weighted by atomic mass is 16.1. The first-order chi connectivity index (χ1) is 8.49. The van der Waals surface area contributed by atoms with Gasteiger partial charge in [-0.2, -0.15) is 0 Å². The molecule has 0 spiro atoms. The van der Waals surface area contributed by atoms with Crippen LogP contribution in [0.15, 0.2) is 0 Å². The van der Waals surface area contributed by atoms with Crippen LogP contribution in [0.1, 0.15) is 33.1 Å². The lowest BCUT2D eigenvalue weighted by molar-refractivity contribution is -0.124. The summed E-state index contributed by atoms with van der Waals surface area (Å²) in [5.74, 6) is 1.52. The molecule has 0 heterocycles. The Morgan fingerprint density at radius 2 is 2.17 bits per heavy atom. The normalized spacial score (nSPS) is 30.2. The van der Waals surface area contributed by atoms with E-state index in [-0.39, 0.29) is 11.8 Å². The van der Waals surface area contributed by atoms with Gasteiger partial charge in [-0.15, -0.1) is 0 Å². The molecule has 0 aromatic heterocycles. The summed E-state index contributed by atoms with van der Waals surface area (Å²) in [7, 11) is 3.83. The standard InChI is InChI=1S/C14H29N3O/c1-10-5-6-12(8-15)13(7-10)17(4)9-11(2)14(18)16-3/h10-13H,5-9,15H2,1-4H3,(H,16,18). The molecule has 18 heavy (non-hydrogen) atoms. The van der Waals surface area contributed by atoms with Gasteiger partial charge in [0.25, 0.3) is 0 Å². The molecule has 0 radical (unpaired) electrons. The number of carbonyl (C=O) groups is 1. The minimum atomic E-state index is 0.0376. The zero-order valence-corrected chi connectivity index (χ0v) is 12.3. The molecule has 3 N–H and O–H groups in total. The number of rotatable bonds is 5. The molecule has 4 nitrogen and oxygen atoms in total. The topological polar surface area (TPSA) is 58.4 Å². The van der Waals surface area contributed by atoms with Gasteiger partial charge in [0.2, 0.25) is 5.91 Å². The Labute approximate surface area is 111 Å². The van der Waals surface area contributed by atoms with Gasteiger partial charge >= 0.3 is 0 Å². The maximum Gasteiger partial charge on any atom is 0.223 e. The largest absolute Gasteiger partial charge is 0.359 e. The molecule has 4 heteroatoms. The molecular weight excluding hydrogens is 226 g/mol. The third-order valence-corrected chi connectivity index (χ3v) is 4.34. The van der Waals surface area contributed by atoms with Crippen molar-refractivity contribution in [2.45, 2.75) is 39.2 Å². The Kier molecular flexibility index (Phi) is 6.09. The van der Waals surface area contributed by atoms with Crippen LogP contribution in [0.5, 0.6) is 0 Å². The lowest BCUT2D eigenvalue weighted by atomic mass is 9.78. The summed E-state index contributed by atoms with van der Waals surface area (Å²) < 4.78 is 0. The fourth-order valence-corrected chi connectivity index (χ4v) is 3.12. The van der Waals surface area contributed by atoms with Crippen LogP contribution in [0.25, 0.3) is 0 Å². The van der Waals surface area contributed by atoms with E-state index in [1.165, 1.54) is 19.3 Å². The molecule has 0 aromatic carbocycles. The van der Waals surface area contributed by atoms with E-state index in [2.05, 4.69) is 24.2 Å². The van der Waals surface area contributed by atoms with E-state index in [0.717, 1.165) is 19.0 Å². The number of amides is 1. The summed E-state index contributed by atoms with van der Waals surface area (Å²) in [4.78, 5) is 13.9. The van der Waals surface area contributed by atoms with Crippen LogP contribution < -0.4 is 11.1 Å². The van der Waals surface area contributed by atoms with Gasteiger partial charge in [0.05, 0.1) is 0 Å². The van der Waals surface area contributed by atoms with Gasteiger partial charge < -0.3 is 16.0 Å². The van der Waals surface area contributed by atoms with E-state index < -0.39 is 0 Å². The summed E-state index contributed by atoms with van der Waals surface area (Å²) in [6.45, 7) is 5.87. The second kappa shape index (κ2) is 7.10. The third-order valence-electron chi connectivity index (χ3n) is 4.34. The summed E-state index contributed by atoms with van der Waals surface area (Å²) in [5.41, 5.74) is 5.89. The molecular formula is C14H29N3O. The molecule has 0 bridgehead atoms. The van der Waals surface area contributed by atoms with Gasteiger partial charge in [-0.1, -0.05) is 20.3 Å². The van der Waals surface area contributed by atoms with Crippen molar-refractivity contribution < 1.29 is 4.79 Å². The number of nitrogens with zero attached hydrogens (tertiary/aromatic N) is 1. The second-order valence-corrected chi connectivity index (χ2v) is 5.94. The average molecular weight is 255 g/mol. The quantitative estimate of drug-likeness (QED) is 0.772. The molecule has 1 amide bonds. The molecule has 1 rings (SSSR count). The van der Waals surface area contributed by atoms with Crippen molar-refractivity contribution in [3.8, 4) is 0 Å². The summed E-state index contributed by atoms with van der Waals surface area (Å²) in [6, 6.07) is 0.533. The van der Waals surface area contributed by atoms with Crippen LogP contribution in [0.2, 0.25) is 0 Å². The van der Waals surface area contributed by atoms with Crippen molar-refractivity contribution >= 4 is 5.91 Å². The van der Waals surface area contributed by atoms with Gasteiger partial charge in [0.1, 0.15) is 0 Å². The van der Waals surface area contributed by atoms with Crippen LogP contribution in [0.3, 0.4) is 0 Å². The van der Waals surface area contributed by atoms with Crippen molar-refractivity contribution in [3.63, 3.8) is 0 Å². The SMILES string of the molecule is CNC(=O)C(C)CN(C)C1CC(C)CCC1CN. The Balaban J connectivity index is 2.57. The van der Waals surface area contributed by atoms with Gasteiger partial charge in [-0.05, 0) is 38.3 Å². The van der Waals surface area contributed by atoms with Crippen LogP contribution in [-0.2, 0) is 4.79 Å². The maximum absolute atomic E-state index is 11.6. The molecule has 4 atom stereocenters. The Morgan fingerprint density at radius 3 is 2.72 bits per heavy atom. The third kappa shape index (κ3) is 3.95. The molecule has 1 fully saturated rings. The Hall–Kier alpha value is -0.610. The van der Waals surface area contributed by atoms with Crippen molar-refractivity contribution in [1.29, 1.82) is 0 Å². The van der Waals surface area contributed by atoms with Crippen molar-refractivity contribution in [3.05, 3.63) is 0 Å². The van der Waals surface area contributed by atoms with Gasteiger partial charge in [0, 0.05) is 25.6 Å². The van der Waals surface area contributed by atoms with Crippen molar-refractivity contribution in [2.24, 2.45) is 23.5 Å². The highest BCUT2D eigenvalue weighted by Crippen LogP contribution is 2.31. The molecule has 0 aromatic rings. The molecule has 0 aliphatic heterocycles. The van der Waals surface area contributed by atoms with E-state index in [9.17, 15) is 4.79 Å². The molecule has 0 saturated heterocycles. The molecule has 1 saturated carbocycles. The predicted molar refractivity (Wildman–Crippen MR) is 75.2 cm³/mol. The van der Waals surface area contributed by atoms with Gasteiger partial charge in [-0.25, -0.2) is 0 Å². The van der Waals surface area contributed by atoms with Crippen molar-refractivity contribution in [1.82, 2.24) is 10.2 Å². The summed E-state index contributed by atoms with van der Waals surface area (Å²) in [5, 5.41) is 2.72. The van der Waals surface area contributed by atoms with E-state index in [4.69, 9.17) is 5.73 Å². The Morgan fingerprint density at radius 1 is 1.50 bits per heavy atom. The zero-order valence-electron chi connectivity index (χ0n) is 12.3. The van der Waals surface area contributed by atoms with Crippen LogP contribution >= 0.6 is 0 Å². The minimum Gasteiger partial charge on any atom is -0.359 e. The molecule has 1 aliphatic rings. The van der Waals surface area contributed by atoms with E-state index in [1.807, 2.05) is 6.92 Å². The highest BCUT2D eigenvalue weighted by Gasteiger charge is 2.31. The monoisotopic (exact) mass is 255 g/mol. The van der Waals surface area contributed by atoms with E-state index >= 15 is 0 Å². The second-order valence-electron chi connectivity index (χ2n) is 5.94. The smallest absolute Gasteiger partial charge is 0.223 e. The first-order valence-corrected chi connectivity index (χ1v) is 7.11. The number of carbonyl (C=O) groups excluding carboxylic acids is 1. The fourth-order valence-electron chi connectivity index (χ4n) is 3.12. The number of hydrogen-bond donors (Lipinski definition) is 2. The Bertz CT molecular complexity index is 270. The number of hydrogen-bond acceptors (Lipinski definition) is 3. The van der Waals surface area contributed by atoms with Gasteiger partial charge in [-0.3, -0.25) is 4.79 Å². The predicted octanol–water partition coefficient (Wildman–Crippen LogP) is 1.06. The van der Waals surface area contributed by atoms with Crippen LogP contribution in [0, 0.1) is 17.8 Å². The molecule has 4 unspecified atom stereocenters. The zero-order chi connectivity index (χ0) is 13.7. The average Bonchev–Trinajstić information content (AvgIpc) is 2.37. The lowest BCUT2D eigenvalue weighted by Crippen LogP contribution is -2.47. The first-order valence-electron chi connectivity index (χ1n) is 7.11. The first kappa shape index (κ1) is 15.4. The van der Waals surface area contributed by atoms with Crippen LogP contribution in [-0.4, -0.2) is 44.0 Å². The van der Waals surface area contributed by atoms with E-state index in [0.29, 0.717) is 12.0 Å². The lowest BCUT2D eigenvalue weighted by Gasteiger charge is -2.40. The van der Waals surface area contributed by atoms with Crippen LogP contribution in [0.4, 0.5) is 0 Å². The summed E-state index contributed by atoms with van der Waals surface area (Å²) >= 11 is 0. The number of nitrogens with two attached hydrogens (primary N) is 1. The summed E-state index contributed by atoms with van der Waals surface area (Å²) in [6.07, 6.45) is 3.72. The minimum absolute atomic E-state index is 0.0376. The fraction of sp³-hybridized carbons (Fsp3) is 0.929. The molecule has 106 valence electrons. The molecule has 1 aliphatic carbocycles. The number of nitrogens with one attached hydrogen (secondary N) is 1. The van der Waals surface area contributed by atoms with Crippen molar-refractivity contribution in [2.75, 3.05) is 27.2 Å². The highest BCUT2D eigenvalue weighted by molar-refractivity contribution is 5.78. The van der Waals surface area contributed by atoms with E-state index in [1.54, 1.807) is 7.05 Å². The maximum atomic E-state index is 11.6. The van der Waals surface area contributed by atoms with Gasteiger partial charge in [0.15, 0.2) is 0 Å².